The number of aromatic carboxylic acids is 1. The maximum absolute atomic E-state index is 13.7. The first-order valence-corrected chi connectivity index (χ1v) is 9.06. The molecule has 3 rings (SSSR count). The summed E-state index contributed by atoms with van der Waals surface area (Å²) in [6.45, 7) is 1.57. The zero-order valence-corrected chi connectivity index (χ0v) is 16.6. The fraction of sp³-hybridized carbons (Fsp3) is 0.158. The zero-order valence-electron chi connectivity index (χ0n) is 15.0. The Hall–Kier alpha value is -3.14. The second-order valence-electron chi connectivity index (χ2n) is 6.08. The number of hydrogen-bond donors (Lipinski definition) is 1. The molecule has 150 valence electrons. The molecule has 0 unspecified atom stereocenters. The Morgan fingerprint density at radius 2 is 2.00 bits per heavy atom. The lowest BCUT2D eigenvalue weighted by molar-refractivity contribution is 0.0690. The third kappa shape index (κ3) is 4.65. The molecule has 0 aliphatic rings. The molecule has 1 aromatic carbocycles. The molecule has 2 heterocycles. The van der Waals surface area contributed by atoms with Gasteiger partial charge in [-0.1, -0.05) is 0 Å². The highest BCUT2D eigenvalue weighted by Crippen LogP contribution is 2.24. The largest absolute Gasteiger partial charge is 0.487 e. The number of aromatic nitrogens is 3. The normalized spacial score (nSPS) is 10.8. The van der Waals surface area contributed by atoms with E-state index in [9.17, 15) is 18.4 Å². The van der Waals surface area contributed by atoms with Crippen LogP contribution in [-0.2, 0) is 13.2 Å². The maximum Gasteiger partial charge on any atom is 0.356 e. The Morgan fingerprint density at radius 1 is 1.24 bits per heavy atom. The van der Waals surface area contributed by atoms with Gasteiger partial charge in [-0.25, -0.2) is 18.6 Å². The molecule has 0 bridgehead atoms. The smallest absolute Gasteiger partial charge is 0.356 e. The van der Waals surface area contributed by atoms with Crippen LogP contribution in [0.1, 0.15) is 27.4 Å². The van der Waals surface area contributed by atoms with Crippen molar-refractivity contribution in [3.05, 3.63) is 85.8 Å². The average molecular weight is 466 g/mol. The lowest BCUT2D eigenvalue weighted by Crippen LogP contribution is -2.24. The first-order valence-electron chi connectivity index (χ1n) is 8.27. The van der Waals surface area contributed by atoms with Gasteiger partial charge < -0.3 is 14.4 Å². The summed E-state index contributed by atoms with van der Waals surface area (Å²) < 4.78 is 33.8. The summed E-state index contributed by atoms with van der Waals surface area (Å²) in [7, 11) is 0. The molecule has 0 radical (unpaired) electrons. The van der Waals surface area contributed by atoms with Gasteiger partial charge >= 0.3 is 5.97 Å². The van der Waals surface area contributed by atoms with E-state index in [1.165, 1.54) is 16.8 Å². The van der Waals surface area contributed by atoms with Crippen LogP contribution in [0.2, 0.25) is 0 Å². The molecule has 1 N–H and O–H groups in total. The highest BCUT2D eigenvalue weighted by atomic mass is 79.9. The van der Waals surface area contributed by atoms with Gasteiger partial charge in [-0.2, -0.15) is 0 Å². The van der Waals surface area contributed by atoms with E-state index >= 15 is 0 Å². The van der Waals surface area contributed by atoms with Crippen molar-refractivity contribution in [2.24, 2.45) is 0 Å². The predicted molar refractivity (Wildman–Crippen MR) is 102 cm³/mol. The van der Waals surface area contributed by atoms with Crippen molar-refractivity contribution < 1.29 is 23.4 Å². The molecule has 0 atom stereocenters. The van der Waals surface area contributed by atoms with E-state index in [4.69, 9.17) is 9.84 Å². The number of nitrogens with zero attached hydrogens (tertiary/aromatic N) is 3. The van der Waals surface area contributed by atoms with E-state index < -0.39 is 23.2 Å². The summed E-state index contributed by atoms with van der Waals surface area (Å²) in [5.41, 5.74) is 0.472. The number of carbonyl (C=O) groups is 1. The predicted octanol–water partition coefficient (Wildman–Crippen LogP) is 3.31. The topological polar surface area (TPSA) is 94.3 Å². The third-order valence-corrected chi connectivity index (χ3v) is 4.79. The van der Waals surface area contributed by atoms with Gasteiger partial charge in [0.2, 0.25) is 0 Å². The lowest BCUT2D eigenvalue weighted by atomic mass is 10.2. The fourth-order valence-corrected chi connectivity index (χ4v) is 2.96. The summed E-state index contributed by atoms with van der Waals surface area (Å²) in [5, 5.41) is 8.86. The standard InChI is InChI=1S/C19H14BrF2N3O4/c1-10-4-16(29-9-11-2-3-12(21)5-14(11)22)17(20)18(26)25(10)8-13-6-24-15(7-23-13)19(27)28/h2-7H,8-9H2,1H3,(H,27,28). The Balaban J connectivity index is 1.82. The Kier molecular flexibility index (Phi) is 6.02. The van der Waals surface area contributed by atoms with Gasteiger partial charge in [0.25, 0.3) is 5.56 Å². The van der Waals surface area contributed by atoms with E-state index in [0.717, 1.165) is 18.3 Å². The molecule has 0 fully saturated rings. The van der Waals surface area contributed by atoms with Crippen LogP contribution >= 0.6 is 15.9 Å². The highest BCUT2D eigenvalue weighted by Gasteiger charge is 2.14. The van der Waals surface area contributed by atoms with Crippen LogP contribution in [0.3, 0.4) is 0 Å². The molecule has 7 nitrogen and oxygen atoms in total. The number of carboxylic acids is 1. The number of halogens is 3. The lowest BCUT2D eigenvalue weighted by Gasteiger charge is -2.14. The molecule has 0 aliphatic heterocycles. The van der Waals surface area contributed by atoms with Gasteiger partial charge in [-0.15, -0.1) is 0 Å². The minimum atomic E-state index is -1.20. The Labute approximate surface area is 171 Å². The highest BCUT2D eigenvalue weighted by molar-refractivity contribution is 9.10. The van der Waals surface area contributed by atoms with Crippen molar-refractivity contribution in [3.63, 3.8) is 0 Å². The van der Waals surface area contributed by atoms with Crippen LogP contribution < -0.4 is 10.3 Å². The van der Waals surface area contributed by atoms with Crippen LogP contribution in [0.4, 0.5) is 8.78 Å². The summed E-state index contributed by atoms with van der Waals surface area (Å²) in [6.07, 6.45) is 2.40. The van der Waals surface area contributed by atoms with Crippen LogP contribution in [0.5, 0.6) is 5.75 Å². The van der Waals surface area contributed by atoms with Crippen LogP contribution in [-0.4, -0.2) is 25.6 Å². The van der Waals surface area contributed by atoms with Gasteiger partial charge in [-0.05, 0) is 35.0 Å². The van der Waals surface area contributed by atoms with Crippen molar-refractivity contribution in [1.82, 2.24) is 14.5 Å². The first-order chi connectivity index (χ1) is 13.8. The summed E-state index contributed by atoms with van der Waals surface area (Å²) >= 11 is 3.19. The number of carboxylic acid groups (broad SMARTS) is 1. The van der Waals surface area contributed by atoms with Crippen molar-refractivity contribution in [2.75, 3.05) is 0 Å². The number of benzene rings is 1. The van der Waals surface area contributed by atoms with Gasteiger partial charge in [0.15, 0.2) is 5.69 Å². The van der Waals surface area contributed by atoms with Gasteiger partial charge in [0, 0.05) is 23.4 Å². The monoisotopic (exact) mass is 465 g/mol. The van der Waals surface area contributed by atoms with Crippen LogP contribution in [0.15, 0.2) is 45.9 Å². The maximum atomic E-state index is 13.7. The van der Waals surface area contributed by atoms with E-state index in [1.807, 2.05) is 0 Å². The minimum absolute atomic E-state index is 0.0725. The SMILES string of the molecule is Cc1cc(OCc2ccc(F)cc2F)c(Br)c(=O)n1Cc1cnc(C(=O)O)cn1. The van der Waals surface area contributed by atoms with Crippen LogP contribution in [0.25, 0.3) is 0 Å². The van der Waals surface area contributed by atoms with Crippen molar-refractivity contribution >= 4 is 21.9 Å². The van der Waals surface area contributed by atoms with Crippen molar-refractivity contribution in [2.45, 2.75) is 20.1 Å². The van der Waals surface area contributed by atoms with Crippen molar-refractivity contribution in [3.8, 4) is 5.75 Å². The second-order valence-corrected chi connectivity index (χ2v) is 6.87. The molecule has 0 amide bonds. The van der Waals surface area contributed by atoms with Gasteiger partial charge in [0.1, 0.15) is 28.5 Å². The third-order valence-electron chi connectivity index (χ3n) is 4.06. The van der Waals surface area contributed by atoms with E-state index in [-0.39, 0.29) is 34.6 Å². The summed E-state index contributed by atoms with van der Waals surface area (Å²) in [5.74, 6) is -2.42. The van der Waals surface area contributed by atoms with E-state index in [2.05, 4.69) is 25.9 Å². The van der Waals surface area contributed by atoms with Crippen LogP contribution in [0, 0.1) is 18.6 Å². The van der Waals surface area contributed by atoms with Gasteiger partial charge in [0.05, 0.1) is 24.6 Å². The molecule has 10 heteroatoms. The quantitative estimate of drug-likeness (QED) is 0.599. The van der Waals surface area contributed by atoms with Gasteiger partial charge in [-0.3, -0.25) is 9.78 Å². The summed E-state index contributed by atoms with van der Waals surface area (Å²) in [6, 6.07) is 4.74. The average Bonchev–Trinajstić information content (AvgIpc) is 2.68. The first kappa shape index (κ1) is 20.6. The molecule has 2 aromatic heterocycles. The fourth-order valence-electron chi connectivity index (χ4n) is 2.52. The number of pyridine rings is 1. The molecule has 29 heavy (non-hydrogen) atoms. The number of aryl methyl sites for hydroxylation is 1. The van der Waals surface area contributed by atoms with E-state index in [1.54, 1.807) is 13.0 Å². The molecule has 0 saturated heterocycles. The molecular weight excluding hydrogens is 452 g/mol. The minimum Gasteiger partial charge on any atom is -0.487 e. The Morgan fingerprint density at radius 3 is 2.62 bits per heavy atom. The molecular formula is C19H14BrF2N3O4. The zero-order chi connectivity index (χ0) is 21.1. The van der Waals surface area contributed by atoms with E-state index in [0.29, 0.717) is 11.4 Å². The number of hydrogen-bond acceptors (Lipinski definition) is 5. The van der Waals surface area contributed by atoms with Crippen molar-refractivity contribution in [1.29, 1.82) is 0 Å². The Bertz CT molecular complexity index is 1130. The number of rotatable bonds is 6. The number of ether oxygens (including phenoxy) is 1. The molecule has 3 aromatic rings. The molecule has 0 spiro atoms. The molecule has 0 saturated carbocycles. The summed E-state index contributed by atoms with van der Waals surface area (Å²) in [4.78, 5) is 31.3. The molecule has 0 aliphatic carbocycles. The second kappa shape index (κ2) is 8.48.